The van der Waals surface area contributed by atoms with E-state index in [-0.39, 0.29) is 11.8 Å². The number of fused-ring (bicyclic) bond motifs is 1. The highest BCUT2D eigenvalue weighted by atomic mass is 16.5. The molecule has 0 bridgehead atoms. The zero-order valence-electron chi connectivity index (χ0n) is 14.0. The van der Waals surface area contributed by atoms with Crippen molar-refractivity contribution in [3.8, 4) is 11.8 Å². The van der Waals surface area contributed by atoms with Gasteiger partial charge in [-0.3, -0.25) is 0 Å². The molecule has 4 heteroatoms. The Morgan fingerprint density at radius 1 is 1.12 bits per heavy atom. The largest absolute Gasteiger partial charge is 0.440 e. The Morgan fingerprint density at radius 3 is 2.46 bits per heavy atom. The Kier molecular flexibility index (Phi) is 4.43. The van der Waals surface area contributed by atoms with Crippen LogP contribution in [0.15, 0.2) is 60.0 Å². The van der Waals surface area contributed by atoms with E-state index in [2.05, 4.69) is 30.9 Å². The van der Waals surface area contributed by atoms with Crippen molar-refractivity contribution in [2.75, 3.05) is 18.0 Å². The standard InChI is InChI=1S/C20H21N3O/c1-3-23(4-2)15-10-11-16-18(12-15)24-20(22)17(13-21)19(16)14-8-6-5-7-9-14/h5-12,19H,3-4,22H2,1-2H3/t19-/m0/s1. The molecule has 0 unspecified atom stereocenters. The lowest BCUT2D eigenvalue weighted by Gasteiger charge is -2.28. The van der Waals surface area contributed by atoms with E-state index < -0.39 is 0 Å². The van der Waals surface area contributed by atoms with E-state index in [1.807, 2.05) is 42.5 Å². The summed E-state index contributed by atoms with van der Waals surface area (Å²) in [5.74, 6) is 0.728. The third kappa shape index (κ3) is 2.69. The van der Waals surface area contributed by atoms with Crippen LogP contribution in [-0.2, 0) is 0 Å². The number of ether oxygens (including phenoxy) is 1. The van der Waals surface area contributed by atoms with Crippen molar-refractivity contribution < 1.29 is 4.74 Å². The van der Waals surface area contributed by atoms with Crippen LogP contribution in [0.3, 0.4) is 0 Å². The molecule has 0 spiro atoms. The molecule has 0 radical (unpaired) electrons. The third-order valence-corrected chi connectivity index (χ3v) is 4.46. The minimum absolute atomic E-state index is 0.189. The van der Waals surface area contributed by atoms with Crippen LogP contribution in [-0.4, -0.2) is 13.1 Å². The van der Waals surface area contributed by atoms with E-state index in [9.17, 15) is 5.26 Å². The number of anilines is 1. The van der Waals surface area contributed by atoms with Gasteiger partial charge in [-0.05, 0) is 25.5 Å². The van der Waals surface area contributed by atoms with Crippen molar-refractivity contribution in [2.24, 2.45) is 5.73 Å². The lowest BCUT2D eigenvalue weighted by molar-refractivity contribution is 0.393. The molecule has 2 aromatic rings. The second kappa shape index (κ2) is 6.67. The van der Waals surface area contributed by atoms with Crippen LogP contribution in [0.1, 0.15) is 30.9 Å². The number of hydrogen-bond acceptors (Lipinski definition) is 4. The summed E-state index contributed by atoms with van der Waals surface area (Å²) in [6, 6.07) is 18.3. The topological polar surface area (TPSA) is 62.3 Å². The van der Waals surface area contributed by atoms with Crippen LogP contribution >= 0.6 is 0 Å². The van der Waals surface area contributed by atoms with E-state index in [0.29, 0.717) is 5.57 Å². The van der Waals surface area contributed by atoms with Gasteiger partial charge in [-0.1, -0.05) is 36.4 Å². The van der Waals surface area contributed by atoms with Crippen molar-refractivity contribution in [2.45, 2.75) is 19.8 Å². The van der Waals surface area contributed by atoms with E-state index in [1.165, 1.54) is 0 Å². The van der Waals surface area contributed by atoms with Crippen LogP contribution in [0.5, 0.6) is 5.75 Å². The van der Waals surface area contributed by atoms with Gasteiger partial charge >= 0.3 is 0 Å². The second-order valence-electron chi connectivity index (χ2n) is 5.73. The van der Waals surface area contributed by atoms with E-state index in [4.69, 9.17) is 10.5 Å². The van der Waals surface area contributed by atoms with Gasteiger partial charge in [-0.25, -0.2) is 0 Å². The molecule has 0 saturated carbocycles. The maximum atomic E-state index is 9.56. The minimum Gasteiger partial charge on any atom is -0.440 e. The predicted octanol–water partition coefficient (Wildman–Crippen LogP) is 3.75. The fourth-order valence-electron chi connectivity index (χ4n) is 3.22. The van der Waals surface area contributed by atoms with Crippen LogP contribution in [0.2, 0.25) is 0 Å². The summed E-state index contributed by atoms with van der Waals surface area (Å²) in [5.41, 5.74) is 9.62. The molecule has 1 atom stereocenters. The number of nitriles is 1. The van der Waals surface area contributed by atoms with Crippen LogP contribution < -0.4 is 15.4 Å². The number of hydrogen-bond donors (Lipinski definition) is 1. The van der Waals surface area contributed by atoms with Gasteiger partial charge in [-0.15, -0.1) is 0 Å². The van der Waals surface area contributed by atoms with Crippen LogP contribution in [0.25, 0.3) is 0 Å². The van der Waals surface area contributed by atoms with E-state index >= 15 is 0 Å². The van der Waals surface area contributed by atoms with E-state index in [0.717, 1.165) is 35.7 Å². The normalized spacial score (nSPS) is 16.1. The van der Waals surface area contributed by atoms with Crippen molar-refractivity contribution in [3.05, 3.63) is 71.1 Å². The first-order valence-corrected chi connectivity index (χ1v) is 8.21. The first kappa shape index (κ1) is 15.9. The molecule has 0 saturated heterocycles. The van der Waals surface area contributed by atoms with E-state index in [1.54, 1.807) is 0 Å². The Balaban J connectivity index is 2.13. The maximum Gasteiger partial charge on any atom is 0.205 e. The fraction of sp³-hybridized carbons (Fsp3) is 0.250. The lowest BCUT2D eigenvalue weighted by atomic mass is 9.83. The summed E-state index contributed by atoms with van der Waals surface area (Å²) < 4.78 is 5.78. The number of benzene rings is 2. The molecular weight excluding hydrogens is 298 g/mol. The minimum atomic E-state index is -0.189. The van der Waals surface area contributed by atoms with Crippen LogP contribution in [0, 0.1) is 11.3 Å². The average molecular weight is 319 g/mol. The molecular formula is C20H21N3O. The zero-order chi connectivity index (χ0) is 17.1. The summed E-state index contributed by atoms with van der Waals surface area (Å²) in [6.45, 7) is 6.09. The molecule has 1 aliphatic rings. The Hall–Kier alpha value is -2.93. The highest BCUT2D eigenvalue weighted by molar-refractivity contribution is 5.61. The second-order valence-corrected chi connectivity index (χ2v) is 5.73. The first-order valence-electron chi connectivity index (χ1n) is 8.21. The van der Waals surface area contributed by atoms with Crippen LogP contribution in [0.4, 0.5) is 5.69 Å². The smallest absolute Gasteiger partial charge is 0.205 e. The molecule has 0 aliphatic carbocycles. The molecule has 3 rings (SSSR count). The maximum absolute atomic E-state index is 9.56. The van der Waals surface area contributed by atoms with Crippen molar-refractivity contribution in [1.82, 2.24) is 0 Å². The number of allylic oxidation sites excluding steroid dienone is 1. The van der Waals surface area contributed by atoms with Gasteiger partial charge in [0.1, 0.15) is 17.4 Å². The molecule has 1 aliphatic heterocycles. The van der Waals surface area contributed by atoms with Crippen molar-refractivity contribution >= 4 is 5.69 Å². The summed E-state index contributed by atoms with van der Waals surface area (Å²) in [7, 11) is 0. The number of nitrogens with zero attached hydrogens (tertiary/aromatic N) is 2. The van der Waals surface area contributed by atoms with Gasteiger partial charge in [0.05, 0.1) is 5.92 Å². The fourth-order valence-corrected chi connectivity index (χ4v) is 3.22. The van der Waals surface area contributed by atoms with Gasteiger partial charge in [0, 0.05) is 30.4 Å². The number of rotatable bonds is 4. The predicted molar refractivity (Wildman–Crippen MR) is 95.7 cm³/mol. The summed E-state index contributed by atoms with van der Waals surface area (Å²) >= 11 is 0. The third-order valence-electron chi connectivity index (χ3n) is 4.46. The lowest BCUT2D eigenvalue weighted by Crippen LogP contribution is -2.24. The molecule has 0 aromatic heterocycles. The monoisotopic (exact) mass is 319 g/mol. The molecule has 2 aromatic carbocycles. The summed E-state index contributed by atoms with van der Waals surface area (Å²) in [6.07, 6.45) is 0. The quantitative estimate of drug-likeness (QED) is 0.932. The average Bonchev–Trinajstić information content (AvgIpc) is 2.62. The van der Waals surface area contributed by atoms with Gasteiger partial charge in [-0.2, -0.15) is 5.26 Å². The molecule has 122 valence electrons. The highest BCUT2D eigenvalue weighted by Gasteiger charge is 2.30. The molecule has 24 heavy (non-hydrogen) atoms. The molecule has 1 heterocycles. The highest BCUT2D eigenvalue weighted by Crippen LogP contribution is 2.43. The Bertz CT molecular complexity index is 801. The molecule has 0 fully saturated rings. The summed E-state index contributed by atoms with van der Waals surface area (Å²) in [4.78, 5) is 2.25. The molecule has 0 amide bonds. The van der Waals surface area contributed by atoms with Crippen molar-refractivity contribution in [3.63, 3.8) is 0 Å². The van der Waals surface area contributed by atoms with Gasteiger partial charge in [0.2, 0.25) is 5.88 Å². The van der Waals surface area contributed by atoms with Gasteiger partial charge in [0.15, 0.2) is 0 Å². The molecule has 2 N–H and O–H groups in total. The van der Waals surface area contributed by atoms with Crippen molar-refractivity contribution in [1.29, 1.82) is 5.26 Å². The SMILES string of the molecule is CCN(CC)c1ccc2c(c1)OC(N)=C(C#N)[C@H]2c1ccccc1. The zero-order valence-corrected chi connectivity index (χ0v) is 14.0. The molecule has 4 nitrogen and oxygen atoms in total. The first-order chi connectivity index (χ1) is 11.7. The summed E-state index contributed by atoms with van der Waals surface area (Å²) in [5, 5.41) is 9.56. The van der Waals surface area contributed by atoms with Gasteiger partial charge < -0.3 is 15.4 Å². The Morgan fingerprint density at radius 2 is 1.83 bits per heavy atom. The number of nitrogens with two attached hydrogens (primary N) is 1. The van der Waals surface area contributed by atoms with Gasteiger partial charge in [0.25, 0.3) is 0 Å². The Labute approximate surface area is 142 Å².